The van der Waals surface area contributed by atoms with Crippen molar-refractivity contribution in [3.05, 3.63) is 28.2 Å². The van der Waals surface area contributed by atoms with E-state index in [9.17, 15) is 5.11 Å². The highest BCUT2D eigenvalue weighted by Crippen LogP contribution is 2.25. The van der Waals surface area contributed by atoms with Crippen molar-refractivity contribution in [2.24, 2.45) is 11.8 Å². The lowest BCUT2D eigenvalue weighted by atomic mass is 9.97. The molecule has 2 nitrogen and oxygen atoms in total. The molecule has 90 valence electrons. The Labute approximate surface area is 107 Å². The molecule has 0 aliphatic rings. The third kappa shape index (κ3) is 3.85. The van der Waals surface area contributed by atoms with Gasteiger partial charge >= 0.3 is 0 Å². The van der Waals surface area contributed by atoms with Crippen LogP contribution < -0.4 is 5.32 Å². The molecule has 1 aromatic carbocycles. The predicted molar refractivity (Wildman–Crippen MR) is 70.4 cm³/mol. The van der Waals surface area contributed by atoms with Crippen LogP contribution in [-0.4, -0.2) is 18.3 Å². The maximum Gasteiger partial charge on any atom is 0.0652 e. The van der Waals surface area contributed by atoms with Crippen molar-refractivity contribution >= 4 is 28.9 Å². The highest BCUT2D eigenvalue weighted by Gasteiger charge is 2.12. The van der Waals surface area contributed by atoms with Crippen LogP contribution in [0.2, 0.25) is 10.0 Å². The van der Waals surface area contributed by atoms with Gasteiger partial charge in [-0.3, -0.25) is 0 Å². The van der Waals surface area contributed by atoms with Crippen molar-refractivity contribution in [2.75, 3.05) is 18.5 Å². The molecule has 0 radical (unpaired) electrons. The first-order valence-corrected chi connectivity index (χ1v) is 6.10. The Bertz CT molecular complexity index is 342. The van der Waals surface area contributed by atoms with E-state index in [-0.39, 0.29) is 12.5 Å². The van der Waals surface area contributed by atoms with Crippen molar-refractivity contribution in [2.45, 2.75) is 13.8 Å². The van der Waals surface area contributed by atoms with Gasteiger partial charge in [-0.1, -0.05) is 37.0 Å². The number of benzene rings is 1. The maximum atomic E-state index is 9.19. The van der Waals surface area contributed by atoms with E-state index in [1.54, 1.807) is 12.1 Å². The second kappa shape index (κ2) is 6.33. The van der Waals surface area contributed by atoms with E-state index in [1.165, 1.54) is 0 Å². The van der Waals surface area contributed by atoms with E-state index in [0.717, 1.165) is 5.69 Å². The first-order valence-electron chi connectivity index (χ1n) is 5.34. The molecule has 0 heterocycles. The van der Waals surface area contributed by atoms with E-state index in [2.05, 4.69) is 19.2 Å². The van der Waals surface area contributed by atoms with Crippen LogP contribution in [-0.2, 0) is 0 Å². The molecular weight excluding hydrogens is 245 g/mol. The van der Waals surface area contributed by atoms with Crippen molar-refractivity contribution < 1.29 is 5.11 Å². The Balaban J connectivity index is 2.60. The van der Waals surface area contributed by atoms with E-state index in [0.29, 0.717) is 22.5 Å². The van der Waals surface area contributed by atoms with E-state index < -0.39 is 0 Å². The monoisotopic (exact) mass is 261 g/mol. The standard InChI is InChI=1S/C12H17Cl2NO/c1-8(2)9(7-16)6-15-12-4-3-10(13)5-11(12)14/h3-5,8-9,15-16H,6-7H2,1-2H3. The largest absolute Gasteiger partial charge is 0.396 e. The van der Waals surface area contributed by atoms with Gasteiger partial charge in [-0.05, 0) is 24.1 Å². The first-order chi connectivity index (χ1) is 7.54. The zero-order chi connectivity index (χ0) is 12.1. The van der Waals surface area contributed by atoms with Gasteiger partial charge in [0.2, 0.25) is 0 Å². The molecule has 0 saturated heterocycles. The Morgan fingerprint density at radius 2 is 2.00 bits per heavy atom. The molecule has 1 atom stereocenters. The van der Waals surface area contributed by atoms with Gasteiger partial charge in [0, 0.05) is 24.1 Å². The summed E-state index contributed by atoms with van der Waals surface area (Å²) in [5.74, 6) is 0.662. The number of aliphatic hydroxyl groups excluding tert-OH is 1. The average molecular weight is 262 g/mol. The molecule has 0 aromatic heterocycles. The molecule has 2 N–H and O–H groups in total. The number of hydrogen-bond donors (Lipinski definition) is 2. The SMILES string of the molecule is CC(C)C(CO)CNc1ccc(Cl)cc1Cl. The fourth-order valence-electron chi connectivity index (χ4n) is 1.38. The van der Waals surface area contributed by atoms with Gasteiger partial charge in [0.15, 0.2) is 0 Å². The Kier molecular flexibility index (Phi) is 5.39. The van der Waals surface area contributed by atoms with E-state index >= 15 is 0 Å². The summed E-state index contributed by atoms with van der Waals surface area (Å²) in [6, 6.07) is 5.34. The summed E-state index contributed by atoms with van der Waals surface area (Å²) in [4.78, 5) is 0. The molecule has 0 spiro atoms. The molecule has 0 aliphatic carbocycles. The molecule has 0 saturated carbocycles. The summed E-state index contributed by atoms with van der Waals surface area (Å²) in [7, 11) is 0. The van der Waals surface area contributed by atoms with Crippen LogP contribution in [0, 0.1) is 11.8 Å². The third-order valence-electron chi connectivity index (χ3n) is 2.66. The van der Waals surface area contributed by atoms with Gasteiger partial charge in [0.1, 0.15) is 0 Å². The van der Waals surface area contributed by atoms with Crippen LogP contribution in [0.15, 0.2) is 18.2 Å². The van der Waals surface area contributed by atoms with Crippen molar-refractivity contribution in [3.63, 3.8) is 0 Å². The Hall–Kier alpha value is -0.440. The van der Waals surface area contributed by atoms with Gasteiger partial charge in [-0.2, -0.15) is 0 Å². The quantitative estimate of drug-likeness (QED) is 0.848. The van der Waals surface area contributed by atoms with E-state index in [4.69, 9.17) is 23.2 Å². The van der Waals surface area contributed by atoms with Crippen molar-refractivity contribution in [1.82, 2.24) is 0 Å². The minimum atomic E-state index is 0.176. The van der Waals surface area contributed by atoms with Crippen LogP contribution in [0.4, 0.5) is 5.69 Å². The van der Waals surface area contributed by atoms with E-state index in [1.807, 2.05) is 6.07 Å². The summed E-state index contributed by atoms with van der Waals surface area (Å²) >= 11 is 11.8. The van der Waals surface area contributed by atoms with Gasteiger partial charge in [0.05, 0.1) is 10.7 Å². The highest BCUT2D eigenvalue weighted by atomic mass is 35.5. The summed E-state index contributed by atoms with van der Waals surface area (Å²) in [6.07, 6.45) is 0. The zero-order valence-electron chi connectivity index (χ0n) is 9.50. The minimum Gasteiger partial charge on any atom is -0.396 e. The fourth-order valence-corrected chi connectivity index (χ4v) is 1.86. The minimum absolute atomic E-state index is 0.176. The lowest BCUT2D eigenvalue weighted by Crippen LogP contribution is -2.23. The molecule has 1 unspecified atom stereocenters. The van der Waals surface area contributed by atoms with Crippen LogP contribution >= 0.6 is 23.2 Å². The molecular formula is C12H17Cl2NO. The number of nitrogens with one attached hydrogen (secondary N) is 1. The molecule has 4 heteroatoms. The lowest BCUT2D eigenvalue weighted by Gasteiger charge is -2.19. The molecule has 0 aliphatic heterocycles. The van der Waals surface area contributed by atoms with Crippen molar-refractivity contribution in [1.29, 1.82) is 0 Å². The van der Waals surface area contributed by atoms with Crippen LogP contribution in [0.3, 0.4) is 0 Å². The maximum absolute atomic E-state index is 9.19. The summed E-state index contributed by atoms with van der Waals surface area (Å²) in [5, 5.41) is 13.6. The Morgan fingerprint density at radius 1 is 1.31 bits per heavy atom. The predicted octanol–water partition coefficient (Wildman–Crippen LogP) is 3.67. The summed E-state index contributed by atoms with van der Waals surface area (Å²) in [6.45, 7) is 5.06. The number of halogens is 2. The second-order valence-electron chi connectivity index (χ2n) is 4.19. The van der Waals surface area contributed by atoms with Crippen LogP contribution in [0.5, 0.6) is 0 Å². The number of rotatable bonds is 5. The van der Waals surface area contributed by atoms with Crippen LogP contribution in [0.1, 0.15) is 13.8 Å². The lowest BCUT2D eigenvalue weighted by molar-refractivity contribution is 0.198. The van der Waals surface area contributed by atoms with Crippen molar-refractivity contribution in [3.8, 4) is 0 Å². The zero-order valence-corrected chi connectivity index (χ0v) is 11.0. The van der Waals surface area contributed by atoms with Gasteiger partial charge < -0.3 is 10.4 Å². The molecule has 1 rings (SSSR count). The van der Waals surface area contributed by atoms with Gasteiger partial charge in [0.25, 0.3) is 0 Å². The first kappa shape index (κ1) is 13.6. The fraction of sp³-hybridized carbons (Fsp3) is 0.500. The Morgan fingerprint density at radius 3 is 2.50 bits per heavy atom. The normalized spacial score (nSPS) is 12.9. The summed E-state index contributed by atoms with van der Waals surface area (Å²) in [5.41, 5.74) is 0.852. The number of aliphatic hydroxyl groups is 1. The highest BCUT2D eigenvalue weighted by molar-refractivity contribution is 6.36. The molecule has 0 bridgehead atoms. The second-order valence-corrected chi connectivity index (χ2v) is 5.04. The molecule has 16 heavy (non-hydrogen) atoms. The smallest absolute Gasteiger partial charge is 0.0652 e. The average Bonchev–Trinajstić information content (AvgIpc) is 2.21. The summed E-state index contributed by atoms with van der Waals surface area (Å²) < 4.78 is 0. The molecule has 0 fully saturated rings. The van der Waals surface area contributed by atoms with Gasteiger partial charge in [-0.25, -0.2) is 0 Å². The third-order valence-corrected chi connectivity index (χ3v) is 3.21. The molecule has 0 amide bonds. The topological polar surface area (TPSA) is 32.3 Å². The number of anilines is 1. The van der Waals surface area contributed by atoms with Crippen LogP contribution in [0.25, 0.3) is 0 Å². The number of hydrogen-bond acceptors (Lipinski definition) is 2. The van der Waals surface area contributed by atoms with Gasteiger partial charge in [-0.15, -0.1) is 0 Å². The molecule has 1 aromatic rings.